The summed E-state index contributed by atoms with van der Waals surface area (Å²) in [6.07, 6.45) is 2.59. The van der Waals surface area contributed by atoms with Crippen molar-refractivity contribution >= 4 is 0 Å². The third kappa shape index (κ3) is 2.50. The molecule has 0 bridgehead atoms. The minimum absolute atomic E-state index is 0.587. The van der Waals surface area contributed by atoms with E-state index in [1.54, 1.807) is 12.4 Å². The molecule has 3 nitrogen and oxygen atoms in total. The fourth-order valence-corrected chi connectivity index (χ4v) is 1.76. The molecule has 1 heterocycles. The number of rotatable bonds is 2. The van der Waals surface area contributed by atoms with Crippen molar-refractivity contribution in [3.8, 4) is 0 Å². The Labute approximate surface area is 101 Å². The number of aromatic nitrogens is 2. The van der Waals surface area contributed by atoms with Crippen LogP contribution in [0.1, 0.15) is 34.2 Å². The van der Waals surface area contributed by atoms with E-state index in [9.17, 15) is 5.11 Å². The van der Waals surface area contributed by atoms with Crippen LogP contribution in [-0.4, -0.2) is 15.1 Å². The Bertz CT molecular complexity index is 520. The molecule has 17 heavy (non-hydrogen) atoms. The Morgan fingerprint density at radius 1 is 1.06 bits per heavy atom. The van der Waals surface area contributed by atoms with Crippen molar-refractivity contribution in [1.82, 2.24) is 9.97 Å². The summed E-state index contributed by atoms with van der Waals surface area (Å²) in [6.45, 7) is 5.87. The molecule has 1 N–H and O–H groups in total. The SMILES string of the molecule is Cc1ccc(C)c(C(O)c2cnc(C)cn2)c1. The molecule has 0 aliphatic rings. The van der Waals surface area contributed by atoms with Gasteiger partial charge in [0.2, 0.25) is 0 Å². The summed E-state index contributed by atoms with van der Waals surface area (Å²) in [5.74, 6) is 0. The third-order valence-corrected chi connectivity index (χ3v) is 2.81. The first-order chi connectivity index (χ1) is 8.08. The molecule has 0 aliphatic heterocycles. The van der Waals surface area contributed by atoms with Gasteiger partial charge in [-0.25, -0.2) is 0 Å². The summed E-state index contributed by atoms with van der Waals surface area (Å²) in [6, 6.07) is 6.03. The fourth-order valence-electron chi connectivity index (χ4n) is 1.76. The maximum absolute atomic E-state index is 10.3. The maximum atomic E-state index is 10.3. The standard InChI is InChI=1S/C14H16N2O/c1-9-4-5-10(2)12(6-9)14(17)13-8-15-11(3)7-16-13/h4-8,14,17H,1-3H3. The average molecular weight is 228 g/mol. The minimum Gasteiger partial charge on any atom is -0.382 e. The molecule has 2 aromatic rings. The molecule has 2 rings (SSSR count). The molecule has 0 spiro atoms. The Kier molecular flexibility index (Phi) is 3.20. The number of aliphatic hydroxyl groups excluding tert-OH is 1. The first-order valence-corrected chi connectivity index (χ1v) is 5.61. The molecule has 0 saturated carbocycles. The van der Waals surface area contributed by atoms with Crippen molar-refractivity contribution in [1.29, 1.82) is 0 Å². The van der Waals surface area contributed by atoms with Gasteiger partial charge in [0.15, 0.2) is 0 Å². The van der Waals surface area contributed by atoms with Gasteiger partial charge in [-0.15, -0.1) is 0 Å². The van der Waals surface area contributed by atoms with Crippen LogP contribution in [0.5, 0.6) is 0 Å². The molecule has 0 fully saturated rings. The lowest BCUT2D eigenvalue weighted by Gasteiger charge is -2.13. The molecule has 1 unspecified atom stereocenters. The van der Waals surface area contributed by atoms with Gasteiger partial charge in [-0.05, 0) is 31.9 Å². The van der Waals surface area contributed by atoms with E-state index in [0.29, 0.717) is 5.69 Å². The lowest BCUT2D eigenvalue weighted by molar-refractivity contribution is 0.214. The number of aliphatic hydroxyl groups is 1. The number of benzene rings is 1. The second kappa shape index (κ2) is 4.63. The van der Waals surface area contributed by atoms with E-state index in [4.69, 9.17) is 0 Å². The predicted octanol–water partition coefficient (Wildman–Crippen LogP) is 2.48. The molecule has 0 saturated heterocycles. The number of nitrogens with zero attached hydrogens (tertiary/aromatic N) is 2. The highest BCUT2D eigenvalue weighted by Crippen LogP contribution is 2.23. The zero-order valence-electron chi connectivity index (χ0n) is 10.3. The predicted molar refractivity (Wildman–Crippen MR) is 66.7 cm³/mol. The molecule has 0 aliphatic carbocycles. The molecule has 1 atom stereocenters. The molecule has 1 aromatic carbocycles. The number of aryl methyl sites for hydroxylation is 3. The van der Waals surface area contributed by atoms with E-state index in [2.05, 4.69) is 9.97 Å². The van der Waals surface area contributed by atoms with Crippen LogP contribution in [0, 0.1) is 20.8 Å². The van der Waals surface area contributed by atoms with E-state index in [1.165, 1.54) is 0 Å². The second-order valence-corrected chi connectivity index (χ2v) is 4.35. The Hall–Kier alpha value is -1.74. The van der Waals surface area contributed by atoms with Gasteiger partial charge in [0.25, 0.3) is 0 Å². The molecule has 0 amide bonds. The highest BCUT2D eigenvalue weighted by molar-refractivity contribution is 5.35. The fraction of sp³-hybridized carbons (Fsp3) is 0.286. The smallest absolute Gasteiger partial charge is 0.123 e. The van der Waals surface area contributed by atoms with Gasteiger partial charge in [-0.2, -0.15) is 0 Å². The third-order valence-electron chi connectivity index (χ3n) is 2.81. The normalized spacial score (nSPS) is 12.5. The van der Waals surface area contributed by atoms with Gasteiger partial charge in [0, 0.05) is 6.20 Å². The highest BCUT2D eigenvalue weighted by atomic mass is 16.3. The summed E-state index contributed by atoms with van der Waals surface area (Å²) in [7, 11) is 0. The Balaban J connectivity index is 2.39. The van der Waals surface area contributed by atoms with Crippen molar-refractivity contribution < 1.29 is 5.11 Å². The van der Waals surface area contributed by atoms with Gasteiger partial charge >= 0.3 is 0 Å². The molecule has 88 valence electrons. The van der Waals surface area contributed by atoms with Crippen LogP contribution in [0.2, 0.25) is 0 Å². The van der Waals surface area contributed by atoms with Gasteiger partial charge in [0.05, 0.1) is 17.6 Å². The lowest BCUT2D eigenvalue weighted by atomic mass is 9.99. The van der Waals surface area contributed by atoms with Crippen LogP contribution < -0.4 is 0 Å². The summed E-state index contributed by atoms with van der Waals surface area (Å²) < 4.78 is 0. The Morgan fingerprint density at radius 2 is 1.82 bits per heavy atom. The van der Waals surface area contributed by atoms with Crippen LogP contribution in [0.25, 0.3) is 0 Å². The largest absolute Gasteiger partial charge is 0.382 e. The molecular weight excluding hydrogens is 212 g/mol. The van der Waals surface area contributed by atoms with Crippen LogP contribution in [0.15, 0.2) is 30.6 Å². The van der Waals surface area contributed by atoms with Crippen LogP contribution in [0.3, 0.4) is 0 Å². The molecular formula is C14H16N2O. The zero-order chi connectivity index (χ0) is 12.4. The first kappa shape index (κ1) is 11.7. The lowest BCUT2D eigenvalue weighted by Crippen LogP contribution is -2.05. The average Bonchev–Trinajstić information content (AvgIpc) is 2.32. The topological polar surface area (TPSA) is 46.0 Å². The second-order valence-electron chi connectivity index (χ2n) is 4.35. The van der Waals surface area contributed by atoms with Crippen LogP contribution in [-0.2, 0) is 0 Å². The monoisotopic (exact) mass is 228 g/mol. The molecule has 3 heteroatoms. The zero-order valence-corrected chi connectivity index (χ0v) is 10.3. The van der Waals surface area contributed by atoms with E-state index < -0.39 is 6.10 Å². The van der Waals surface area contributed by atoms with Gasteiger partial charge in [-0.1, -0.05) is 23.8 Å². The summed E-state index contributed by atoms with van der Waals surface area (Å²) in [4.78, 5) is 8.37. The number of hydrogen-bond acceptors (Lipinski definition) is 3. The molecule has 0 radical (unpaired) electrons. The highest BCUT2D eigenvalue weighted by Gasteiger charge is 2.14. The van der Waals surface area contributed by atoms with Crippen LogP contribution in [0.4, 0.5) is 0 Å². The van der Waals surface area contributed by atoms with Crippen molar-refractivity contribution in [3.05, 3.63) is 58.7 Å². The summed E-state index contributed by atoms with van der Waals surface area (Å²) in [5, 5.41) is 10.3. The van der Waals surface area contributed by atoms with Crippen molar-refractivity contribution in [2.75, 3.05) is 0 Å². The quantitative estimate of drug-likeness (QED) is 0.859. The van der Waals surface area contributed by atoms with E-state index >= 15 is 0 Å². The van der Waals surface area contributed by atoms with E-state index in [0.717, 1.165) is 22.4 Å². The first-order valence-electron chi connectivity index (χ1n) is 5.61. The van der Waals surface area contributed by atoms with E-state index in [1.807, 2.05) is 39.0 Å². The number of hydrogen-bond donors (Lipinski definition) is 1. The van der Waals surface area contributed by atoms with Crippen LogP contribution >= 0.6 is 0 Å². The summed E-state index contributed by atoms with van der Waals surface area (Å²) >= 11 is 0. The van der Waals surface area contributed by atoms with E-state index in [-0.39, 0.29) is 0 Å². The van der Waals surface area contributed by atoms with Gasteiger partial charge in [-0.3, -0.25) is 9.97 Å². The minimum atomic E-state index is -0.706. The maximum Gasteiger partial charge on any atom is 0.123 e. The van der Waals surface area contributed by atoms with Crippen molar-refractivity contribution in [2.45, 2.75) is 26.9 Å². The molecule has 1 aromatic heterocycles. The van der Waals surface area contributed by atoms with Gasteiger partial charge in [0.1, 0.15) is 6.10 Å². The van der Waals surface area contributed by atoms with Crippen molar-refractivity contribution in [2.24, 2.45) is 0 Å². The summed E-state index contributed by atoms with van der Waals surface area (Å²) in [5.41, 5.74) is 4.52. The van der Waals surface area contributed by atoms with Crippen molar-refractivity contribution in [3.63, 3.8) is 0 Å². The van der Waals surface area contributed by atoms with Gasteiger partial charge < -0.3 is 5.11 Å². The Morgan fingerprint density at radius 3 is 2.47 bits per heavy atom.